The Kier molecular flexibility index (Phi) is 3.07. The van der Waals surface area contributed by atoms with Gasteiger partial charge in [0.05, 0.1) is 6.42 Å². The minimum absolute atomic E-state index is 0.160. The van der Waals surface area contributed by atoms with Crippen LogP contribution < -0.4 is 5.32 Å². The lowest BCUT2D eigenvalue weighted by atomic mass is 10.1. The van der Waals surface area contributed by atoms with Gasteiger partial charge in [0.25, 0.3) is 5.91 Å². The van der Waals surface area contributed by atoms with Crippen LogP contribution in [0.1, 0.15) is 12.0 Å². The highest BCUT2D eigenvalue weighted by Crippen LogP contribution is 2.23. The Morgan fingerprint density at radius 3 is 2.71 bits per heavy atom. The van der Waals surface area contributed by atoms with Crippen LogP contribution in [0.25, 0.3) is 0 Å². The average Bonchev–Trinajstić information content (AvgIpc) is 2.52. The van der Waals surface area contributed by atoms with Gasteiger partial charge in [0, 0.05) is 17.8 Å². The van der Waals surface area contributed by atoms with Crippen molar-refractivity contribution in [2.24, 2.45) is 0 Å². The van der Waals surface area contributed by atoms with Crippen LogP contribution in [0.5, 0.6) is 0 Å². The predicted molar refractivity (Wildman–Crippen MR) is 66.0 cm³/mol. The highest BCUT2D eigenvalue weighted by atomic mass is 35.5. The van der Waals surface area contributed by atoms with Crippen molar-refractivity contribution < 1.29 is 9.59 Å². The van der Waals surface area contributed by atoms with E-state index in [0.29, 0.717) is 5.02 Å². The fourth-order valence-corrected chi connectivity index (χ4v) is 1.98. The van der Waals surface area contributed by atoms with E-state index in [2.05, 4.69) is 5.32 Å². The smallest absolute Gasteiger partial charge is 0.251 e. The van der Waals surface area contributed by atoms with Gasteiger partial charge in [-0.1, -0.05) is 17.7 Å². The zero-order chi connectivity index (χ0) is 12.6. The van der Waals surface area contributed by atoms with E-state index in [1.807, 2.05) is 13.0 Å². The molecule has 1 N–H and O–H groups in total. The maximum absolute atomic E-state index is 11.7. The molecule has 5 heteroatoms. The summed E-state index contributed by atoms with van der Waals surface area (Å²) in [6, 6.07) is 4.93. The first-order valence-electron chi connectivity index (χ1n) is 5.32. The Morgan fingerprint density at radius 2 is 2.12 bits per heavy atom. The van der Waals surface area contributed by atoms with E-state index in [0.717, 1.165) is 16.2 Å². The van der Waals surface area contributed by atoms with Crippen LogP contribution in [0, 0.1) is 6.92 Å². The lowest BCUT2D eigenvalue weighted by Crippen LogP contribution is -2.31. The van der Waals surface area contributed by atoms with Gasteiger partial charge in [0.1, 0.15) is 6.04 Å². The molecule has 1 aromatic rings. The number of aryl methyl sites for hydroxylation is 1. The largest absolute Gasteiger partial charge is 0.373 e. The third kappa shape index (κ3) is 2.26. The van der Waals surface area contributed by atoms with Crippen LogP contribution in [0.2, 0.25) is 5.02 Å². The maximum Gasteiger partial charge on any atom is 0.251 e. The summed E-state index contributed by atoms with van der Waals surface area (Å²) in [5, 5.41) is 3.66. The van der Waals surface area contributed by atoms with Gasteiger partial charge in [-0.15, -0.1) is 0 Å². The third-order valence-corrected chi connectivity index (χ3v) is 3.15. The molecule has 1 aliphatic rings. The first kappa shape index (κ1) is 11.9. The van der Waals surface area contributed by atoms with Crippen molar-refractivity contribution in [3.05, 3.63) is 28.8 Å². The van der Waals surface area contributed by atoms with Crippen molar-refractivity contribution in [3.63, 3.8) is 0 Å². The number of benzene rings is 1. The van der Waals surface area contributed by atoms with E-state index in [1.165, 1.54) is 7.05 Å². The molecule has 0 aliphatic carbocycles. The number of anilines is 1. The van der Waals surface area contributed by atoms with Crippen molar-refractivity contribution in [1.82, 2.24) is 4.90 Å². The summed E-state index contributed by atoms with van der Waals surface area (Å²) in [6.07, 6.45) is 0.196. The molecule has 1 heterocycles. The van der Waals surface area contributed by atoms with Gasteiger partial charge in [-0.2, -0.15) is 0 Å². The van der Waals surface area contributed by atoms with E-state index in [4.69, 9.17) is 11.6 Å². The standard InChI is InChI=1S/C12H13ClN2O2/c1-7-3-4-8(13)5-9(7)14-10-6-11(16)15(2)12(10)17/h3-5,10,14H,6H2,1-2H3. The van der Waals surface area contributed by atoms with Gasteiger partial charge in [-0.3, -0.25) is 14.5 Å². The number of nitrogens with one attached hydrogen (secondary N) is 1. The van der Waals surface area contributed by atoms with Crippen LogP contribution in [0.3, 0.4) is 0 Å². The van der Waals surface area contributed by atoms with E-state index in [9.17, 15) is 9.59 Å². The van der Waals surface area contributed by atoms with Gasteiger partial charge in [-0.25, -0.2) is 0 Å². The number of carbonyl (C=O) groups excluding carboxylic acids is 2. The van der Waals surface area contributed by atoms with Crippen LogP contribution in [-0.4, -0.2) is 29.8 Å². The Bertz CT molecular complexity index is 487. The monoisotopic (exact) mass is 252 g/mol. The molecule has 0 bridgehead atoms. The Morgan fingerprint density at radius 1 is 1.41 bits per heavy atom. The molecule has 1 saturated heterocycles. The lowest BCUT2D eigenvalue weighted by molar-refractivity contribution is -0.136. The summed E-state index contributed by atoms with van der Waals surface area (Å²) in [7, 11) is 1.50. The van der Waals surface area contributed by atoms with Crippen LogP contribution in [-0.2, 0) is 9.59 Å². The average molecular weight is 253 g/mol. The van der Waals surface area contributed by atoms with Crippen LogP contribution in [0.4, 0.5) is 5.69 Å². The van der Waals surface area contributed by atoms with Crippen LogP contribution >= 0.6 is 11.6 Å². The summed E-state index contributed by atoms with van der Waals surface area (Å²) < 4.78 is 0. The summed E-state index contributed by atoms with van der Waals surface area (Å²) in [4.78, 5) is 24.3. The molecular weight excluding hydrogens is 240 g/mol. The molecule has 1 aliphatic heterocycles. The van der Waals surface area contributed by atoms with E-state index < -0.39 is 6.04 Å². The van der Waals surface area contributed by atoms with Crippen molar-refractivity contribution >= 4 is 29.1 Å². The number of hydrogen-bond donors (Lipinski definition) is 1. The molecule has 0 spiro atoms. The molecule has 1 aromatic carbocycles. The number of hydrogen-bond acceptors (Lipinski definition) is 3. The third-order valence-electron chi connectivity index (χ3n) is 2.91. The SMILES string of the molecule is Cc1ccc(Cl)cc1NC1CC(=O)N(C)C1=O. The zero-order valence-corrected chi connectivity index (χ0v) is 10.4. The van der Waals surface area contributed by atoms with Crippen molar-refractivity contribution in [2.75, 3.05) is 12.4 Å². The molecular formula is C12H13ClN2O2. The summed E-state index contributed by atoms with van der Waals surface area (Å²) in [5.41, 5.74) is 1.78. The van der Waals surface area contributed by atoms with Gasteiger partial charge < -0.3 is 5.32 Å². The molecule has 0 aromatic heterocycles. The summed E-state index contributed by atoms with van der Waals surface area (Å²) >= 11 is 5.89. The predicted octanol–water partition coefficient (Wildman–Crippen LogP) is 1.82. The number of amides is 2. The number of carbonyl (C=O) groups is 2. The number of nitrogens with zero attached hydrogens (tertiary/aromatic N) is 1. The first-order valence-corrected chi connectivity index (χ1v) is 5.70. The highest BCUT2D eigenvalue weighted by molar-refractivity contribution is 6.30. The van der Waals surface area contributed by atoms with Crippen molar-refractivity contribution in [3.8, 4) is 0 Å². The molecule has 1 atom stereocenters. The van der Waals surface area contributed by atoms with Gasteiger partial charge in [-0.05, 0) is 24.6 Å². The van der Waals surface area contributed by atoms with Crippen LogP contribution in [0.15, 0.2) is 18.2 Å². The zero-order valence-electron chi connectivity index (χ0n) is 9.66. The summed E-state index contributed by atoms with van der Waals surface area (Å²) in [6.45, 7) is 1.92. The minimum atomic E-state index is -0.482. The molecule has 17 heavy (non-hydrogen) atoms. The molecule has 2 amide bonds. The molecule has 0 saturated carbocycles. The van der Waals surface area contributed by atoms with Crippen molar-refractivity contribution in [1.29, 1.82) is 0 Å². The second-order valence-electron chi connectivity index (χ2n) is 4.15. The Hall–Kier alpha value is -1.55. The topological polar surface area (TPSA) is 49.4 Å². The molecule has 1 unspecified atom stereocenters. The lowest BCUT2D eigenvalue weighted by Gasteiger charge is -2.14. The van der Waals surface area contributed by atoms with E-state index in [-0.39, 0.29) is 18.2 Å². The normalized spacial score (nSPS) is 19.9. The minimum Gasteiger partial charge on any atom is -0.373 e. The van der Waals surface area contributed by atoms with Gasteiger partial charge in [0.2, 0.25) is 5.91 Å². The molecule has 4 nitrogen and oxygen atoms in total. The first-order chi connectivity index (χ1) is 7.99. The fourth-order valence-electron chi connectivity index (χ4n) is 1.81. The Labute approximate surface area is 105 Å². The van der Waals surface area contributed by atoms with Crippen molar-refractivity contribution in [2.45, 2.75) is 19.4 Å². The second kappa shape index (κ2) is 4.37. The van der Waals surface area contributed by atoms with Gasteiger partial charge >= 0.3 is 0 Å². The number of likely N-dealkylation sites (N-methyl/N-ethyl adjacent to an activating group) is 1. The second-order valence-corrected chi connectivity index (χ2v) is 4.59. The quantitative estimate of drug-likeness (QED) is 0.817. The number of halogens is 1. The fraction of sp³-hybridized carbons (Fsp3) is 0.333. The van der Waals surface area contributed by atoms with E-state index in [1.54, 1.807) is 12.1 Å². The maximum atomic E-state index is 11.7. The number of likely N-dealkylation sites (tertiary alicyclic amines) is 1. The summed E-state index contributed by atoms with van der Waals surface area (Å²) in [5.74, 6) is -0.360. The number of rotatable bonds is 2. The number of imide groups is 1. The van der Waals surface area contributed by atoms with E-state index >= 15 is 0 Å². The molecule has 90 valence electrons. The Balaban J connectivity index is 2.19. The van der Waals surface area contributed by atoms with Gasteiger partial charge in [0.15, 0.2) is 0 Å². The molecule has 2 rings (SSSR count). The molecule has 0 radical (unpaired) electrons. The highest BCUT2D eigenvalue weighted by Gasteiger charge is 2.36. The molecule has 1 fully saturated rings.